The van der Waals surface area contributed by atoms with Crippen LogP contribution in [-0.2, 0) is 35.3 Å². The van der Waals surface area contributed by atoms with Crippen LogP contribution in [-0.4, -0.2) is 47.2 Å². The average molecular weight is 432 g/mol. The van der Waals surface area contributed by atoms with E-state index in [-0.39, 0.29) is 24.2 Å². The number of imidazole rings is 1. The monoisotopic (exact) mass is 432 g/mol. The summed E-state index contributed by atoms with van der Waals surface area (Å²) in [4.78, 5) is 29.2. The van der Waals surface area contributed by atoms with E-state index in [1.807, 2.05) is 10.6 Å². The van der Waals surface area contributed by atoms with Gasteiger partial charge >= 0.3 is 6.09 Å². The highest BCUT2D eigenvalue weighted by Gasteiger charge is 2.42. The van der Waals surface area contributed by atoms with Crippen LogP contribution in [0.2, 0.25) is 0 Å². The SMILES string of the molecule is C[C@H](Cc1cc2c(c3c1CC3)-c1nc(N3C(=O)OC[C@H]3C(F)F)cn1CCO2)C(N)=O. The number of carbonyl (C=O) groups excluding carboxylic acids is 2. The maximum atomic E-state index is 13.4. The zero-order valence-corrected chi connectivity index (χ0v) is 16.9. The molecule has 1 aliphatic carbocycles. The van der Waals surface area contributed by atoms with E-state index in [1.54, 1.807) is 13.1 Å². The highest BCUT2D eigenvalue weighted by atomic mass is 19.3. The number of cyclic esters (lactones) is 1. The van der Waals surface area contributed by atoms with Gasteiger partial charge in [0.1, 0.15) is 30.8 Å². The van der Waals surface area contributed by atoms with Crippen molar-refractivity contribution < 1.29 is 27.8 Å². The molecule has 0 saturated carbocycles. The lowest BCUT2D eigenvalue weighted by molar-refractivity contribution is -0.121. The summed E-state index contributed by atoms with van der Waals surface area (Å²) in [6.07, 6.45) is 0.280. The van der Waals surface area contributed by atoms with Gasteiger partial charge in [0.2, 0.25) is 5.91 Å². The van der Waals surface area contributed by atoms with E-state index in [1.165, 1.54) is 0 Å². The molecule has 2 atom stereocenters. The molecular weight excluding hydrogens is 410 g/mol. The van der Waals surface area contributed by atoms with Crippen LogP contribution in [0.1, 0.15) is 23.6 Å². The Balaban J connectivity index is 1.58. The smallest absolute Gasteiger partial charge is 0.416 e. The normalized spacial score (nSPS) is 20.2. The molecule has 164 valence electrons. The van der Waals surface area contributed by atoms with Gasteiger partial charge in [-0.3, -0.25) is 4.79 Å². The van der Waals surface area contributed by atoms with Crippen LogP contribution in [0.4, 0.5) is 19.4 Å². The Morgan fingerprint density at radius 3 is 2.77 bits per heavy atom. The summed E-state index contributed by atoms with van der Waals surface area (Å²) >= 11 is 0. The molecule has 1 aromatic carbocycles. The van der Waals surface area contributed by atoms with Gasteiger partial charge < -0.3 is 19.8 Å². The number of nitrogens with zero attached hydrogens (tertiary/aromatic N) is 3. The third-order valence-corrected chi connectivity index (χ3v) is 6.26. The van der Waals surface area contributed by atoms with E-state index < -0.39 is 18.6 Å². The van der Waals surface area contributed by atoms with Crippen molar-refractivity contribution in [1.82, 2.24) is 9.55 Å². The lowest BCUT2D eigenvalue weighted by Crippen LogP contribution is -2.38. The summed E-state index contributed by atoms with van der Waals surface area (Å²) < 4.78 is 39.5. The van der Waals surface area contributed by atoms with Crippen molar-refractivity contribution in [2.75, 3.05) is 18.1 Å². The van der Waals surface area contributed by atoms with Crippen molar-refractivity contribution in [2.45, 2.75) is 45.2 Å². The molecule has 2 aromatic rings. The van der Waals surface area contributed by atoms with Crippen LogP contribution in [0.5, 0.6) is 5.75 Å². The average Bonchev–Trinajstić information content (AvgIpc) is 3.22. The number of hydrogen-bond donors (Lipinski definition) is 1. The second-order valence-electron chi connectivity index (χ2n) is 8.19. The molecule has 1 saturated heterocycles. The number of fused-ring (bicyclic) bond motifs is 5. The molecule has 5 rings (SSSR count). The summed E-state index contributed by atoms with van der Waals surface area (Å²) in [7, 11) is 0. The third kappa shape index (κ3) is 3.12. The van der Waals surface area contributed by atoms with Gasteiger partial charge in [-0.05, 0) is 42.0 Å². The number of alkyl halides is 2. The van der Waals surface area contributed by atoms with Crippen molar-refractivity contribution in [3.05, 3.63) is 29.0 Å². The van der Waals surface area contributed by atoms with Gasteiger partial charge in [0.05, 0.1) is 12.1 Å². The number of hydrogen-bond acceptors (Lipinski definition) is 5. The minimum atomic E-state index is -2.74. The number of amides is 2. The Morgan fingerprint density at radius 2 is 2.10 bits per heavy atom. The first-order chi connectivity index (χ1) is 14.8. The molecule has 0 unspecified atom stereocenters. The van der Waals surface area contributed by atoms with Gasteiger partial charge in [0.15, 0.2) is 5.82 Å². The molecule has 3 heterocycles. The molecule has 1 fully saturated rings. The summed E-state index contributed by atoms with van der Waals surface area (Å²) in [5, 5.41) is 0. The number of carbonyl (C=O) groups is 2. The number of nitrogens with two attached hydrogens (primary N) is 1. The zero-order chi connectivity index (χ0) is 21.9. The first kappa shape index (κ1) is 19.8. The molecule has 2 amide bonds. The number of benzene rings is 1. The maximum absolute atomic E-state index is 13.4. The van der Waals surface area contributed by atoms with Gasteiger partial charge in [-0.25, -0.2) is 23.5 Å². The van der Waals surface area contributed by atoms with Gasteiger partial charge in [0, 0.05) is 12.1 Å². The van der Waals surface area contributed by atoms with Crippen molar-refractivity contribution in [1.29, 1.82) is 0 Å². The Kier molecular flexibility index (Phi) is 4.60. The van der Waals surface area contributed by atoms with Crippen molar-refractivity contribution in [3.8, 4) is 17.1 Å². The maximum Gasteiger partial charge on any atom is 0.416 e. The minimum Gasteiger partial charge on any atom is -0.491 e. The number of halogens is 2. The summed E-state index contributed by atoms with van der Waals surface area (Å²) in [6.45, 7) is 2.26. The summed E-state index contributed by atoms with van der Waals surface area (Å²) in [5.74, 6) is 0.732. The Morgan fingerprint density at radius 1 is 1.32 bits per heavy atom. The fourth-order valence-electron chi connectivity index (χ4n) is 4.47. The largest absolute Gasteiger partial charge is 0.491 e. The molecule has 1 aromatic heterocycles. The lowest BCUT2D eigenvalue weighted by atomic mass is 9.78. The fraction of sp³-hybridized carbons (Fsp3) is 0.476. The Bertz CT molecular complexity index is 1080. The van der Waals surface area contributed by atoms with E-state index in [9.17, 15) is 18.4 Å². The topological polar surface area (TPSA) is 99.7 Å². The highest BCUT2D eigenvalue weighted by molar-refractivity contribution is 5.90. The van der Waals surface area contributed by atoms with Crippen LogP contribution in [0.3, 0.4) is 0 Å². The van der Waals surface area contributed by atoms with Crippen LogP contribution >= 0.6 is 0 Å². The van der Waals surface area contributed by atoms with E-state index in [0.29, 0.717) is 31.1 Å². The number of aromatic nitrogens is 2. The Hall–Kier alpha value is -3.17. The molecule has 10 heteroatoms. The molecule has 0 bridgehead atoms. The standard InChI is InChI=1S/C21H22F2N4O4/c1-10(19(24)28)6-11-7-15-17(13-3-2-12(11)13)20-25-16(8-26(20)4-5-30-15)27-14(18(22)23)9-31-21(27)29/h7-8,10,14,18H,2-6,9H2,1H3,(H2,24,28)/t10-,14+/m1/s1. The summed E-state index contributed by atoms with van der Waals surface area (Å²) in [6, 6.07) is 0.575. The number of ether oxygens (including phenoxy) is 2. The van der Waals surface area contributed by atoms with Crippen molar-refractivity contribution in [3.63, 3.8) is 0 Å². The predicted molar refractivity (Wildman–Crippen MR) is 106 cm³/mol. The number of anilines is 1. The van der Waals surface area contributed by atoms with E-state index in [4.69, 9.17) is 15.2 Å². The molecule has 2 N–H and O–H groups in total. The Labute approximate surface area is 176 Å². The molecule has 0 radical (unpaired) electrons. The zero-order valence-electron chi connectivity index (χ0n) is 16.9. The molecule has 3 aliphatic rings. The molecule has 2 aliphatic heterocycles. The lowest BCUT2D eigenvalue weighted by Gasteiger charge is -2.28. The van der Waals surface area contributed by atoms with E-state index >= 15 is 0 Å². The molecule has 8 nitrogen and oxygen atoms in total. The van der Waals surface area contributed by atoms with E-state index in [2.05, 4.69) is 4.98 Å². The van der Waals surface area contributed by atoms with Crippen LogP contribution < -0.4 is 15.4 Å². The second-order valence-corrected chi connectivity index (χ2v) is 8.19. The second kappa shape index (κ2) is 7.21. The summed E-state index contributed by atoms with van der Waals surface area (Å²) in [5.41, 5.74) is 9.53. The highest BCUT2D eigenvalue weighted by Crippen LogP contribution is 2.44. The fourth-order valence-corrected chi connectivity index (χ4v) is 4.47. The van der Waals surface area contributed by atoms with Gasteiger partial charge in [-0.15, -0.1) is 0 Å². The van der Waals surface area contributed by atoms with Gasteiger partial charge in [-0.2, -0.15) is 0 Å². The van der Waals surface area contributed by atoms with Crippen molar-refractivity contribution >= 4 is 17.8 Å². The number of rotatable bonds is 5. The van der Waals surface area contributed by atoms with Crippen LogP contribution in [0, 0.1) is 5.92 Å². The molecule has 31 heavy (non-hydrogen) atoms. The number of primary amides is 1. The van der Waals surface area contributed by atoms with E-state index in [0.717, 1.165) is 40.0 Å². The first-order valence-electron chi connectivity index (χ1n) is 10.3. The molecule has 0 spiro atoms. The predicted octanol–water partition coefficient (Wildman–Crippen LogP) is 2.30. The molecular formula is C21H22F2N4O4. The third-order valence-electron chi connectivity index (χ3n) is 6.26. The van der Waals surface area contributed by atoms with Gasteiger partial charge in [-0.1, -0.05) is 6.92 Å². The van der Waals surface area contributed by atoms with Crippen LogP contribution in [0.15, 0.2) is 12.3 Å². The first-order valence-corrected chi connectivity index (χ1v) is 10.3. The minimum absolute atomic E-state index is 0.148. The van der Waals surface area contributed by atoms with Crippen LogP contribution in [0.25, 0.3) is 11.4 Å². The quantitative estimate of drug-likeness (QED) is 0.782. The van der Waals surface area contributed by atoms with Gasteiger partial charge in [0.25, 0.3) is 6.43 Å². The van der Waals surface area contributed by atoms with Crippen molar-refractivity contribution in [2.24, 2.45) is 11.7 Å².